The highest BCUT2D eigenvalue weighted by atomic mass is 16.5. The fraction of sp³-hybridized carbons (Fsp3) is 0.786. The molecule has 0 radical (unpaired) electrons. The summed E-state index contributed by atoms with van der Waals surface area (Å²) in [5.74, 6) is -0.668. The number of urea groups is 1. The molecule has 0 aromatic heterocycles. The molecule has 0 saturated heterocycles. The number of ether oxygens (including phenoxy) is 1. The molecule has 0 spiro atoms. The van der Waals surface area contributed by atoms with Crippen molar-refractivity contribution in [3.05, 3.63) is 0 Å². The van der Waals surface area contributed by atoms with E-state index in [4.69, 9.17) is 4.74 Å². The Morgan fingerprint density at radius 1 is 1.10 bits per heavy atom. The molecule has 3 amide bonds. The van der Waals surface area contributed by atoms with Gasteiger partial charge in [0.05, 0.1) is 19.6 Å². The number of carbonyl (C=O) groups excluding carboxylic acids is 3. The first-order valence-electron chi connectivity index (χ1n) is 7.58. The molecule has 7 nitrogen and oxygen atoms in total. The second-order valence-corrected chi connectivity index (χ2v) is 5.07. The maximum Gasteiger partial charge on any atom is 0.315 e. The first kappa shape index (κ1) is 17.3. The summed E-state index contributed by atoms with van der Waals surface area (Å²) in [5, 5.41) is 7.92. The van der Waals surface area contributed by atoms with E-state index < -0.39 is 0 Å². The molecule has 1 aliphatic rings. The Kier molecular flexibility index (Phi) is 8.23. The predicted octanol–water partition coefficient (Wildman–Crippen LogP) is 0.688. The van der Waals surface area contributed by atoms with Gasteiger partial charge in [-0.25, -0.2) is 4.79 Å². The van der Waals surface area contributed by atoms with Crippen LogP contribution in [0.3, 0.4) is 0 Å². The molecular formula is C14H25N3O4. The summed E-state index contributed by atoms with van der Waals surface area (Å²) in [6.07, 6.45) is 5.63. The standard InChI is InChI=1S/C14H25N3O4/c1-2-21-13(19)8-9-15-12(18)10-16-14(20)17-11-6-4-3-5-7-11/h11H,2-10H2,1H3,(H,15,18)(H2,16,17,20). The summed E-state index contributed by atoms with van der Waals surface area (Å²) in [4.78, 5) is 34.1. The Morgan fingerprint density at radius 2 is 1.81 bits per heavy atom. The van der Waals surface area contributed by atoms with Crippen molar-refractivity contribution in [2.75, 3.05) is 19.7 Å². The highest BCUT2D eigenvalue weighted by Gasteiger charge is 2.15. The number of esters is 1. The molecule has 0 aliphatic heterocycles. The Labute approximate surface area is 125 Å². The van der Waals surface area contributed by atoms with E-state index in [1.54, 1.807) is 6.92 Å². The van der Waals surface area contributed by atoms with Gasteiger partial charge in [0.1, 0.15) is 0 Å². The molecular weight excluding hydrogens is 274 g/mol. The minimum Gasteiger partial charge on any atom is -0.466 e. The van der Waals surface area contributed by atoms with E-state index in [1.807, 2.05) is 0 Å². The lowest BCUT2D eigenvalue weighted by Gasteiger charge is -2.22. The zero-order valence-electron chi connectivity index (χ0n) is 12.6. The molecule has 1 fully saturated rings. The lowest BCUT2D eigenvalue weighted by molar-refractivity contribution is -0.143. The van der Waals surface area contributed by atoms with Gasteiger partial charge in [-0.1, -0.05) is 19.3 Å². The Balaban J connectivity index is 2.06. The third-order valence-electron chi connectivity index (χ3n) is 3.31. The van der Waals surface area contributed by atoms with Crippen molar-refractivity contribution in [3.63, 3.8) is 0 Å². The highest BCUT2D eigenvalue weighted by Crippen LogP contribution is 2.16. The monoisotopic (exact) mass is 299 g/mol. The molecule has 1 saturated carbocycles. The molecule has 1 aliphatic carbocycles. The fourth-order valence-corrected chi connectivity index (χ4v) is 2.24. The minimum atomic E-state index is -0.346. The second-order valence-electron chi connectivity index (χ2n) is 5.07. The zero-order valence-corrected chi connectivity index (χ0v) is 12.6. The van der Waals surface area contributed by atoms with Crippen molar-refractivity contribution >= 4 is 17.9 Å². The quantitative estimate of drug-likeness (QED) is 0.602. The van der Waals surface area contributed by atoms with Gasteiger partial charge >= 0.3 is 12.0 Å². The molecule has 1 rings (SSSR count). The van der Waals surface area contributed by atoms with Gasteiger partial charge in [0.15, 0.2) is 0 Å². The van der Waals surface area contributed by atoms with Crippen LogP contribution in [0.2, 0.25) is 0 Å². The topological polar surface area (TPSA) is 96.5 Å². The molecule has 7 heteroatoms. The second kappa shape index (κ2) is 10.0. The van der Waals surface area contributed by atoms with E-state index in [1.165, 1.54) is 6.42 Å². The number of hydrogen-bond acceptors (Lipinski definition) is 4. The van der Waals surface area contributed by atoms with Gasteiger partial charge in [-0.15, -0.1) is 0 Å². The average molecular weight is 299 g/mol. The van der Waals surface area contributed by atoms with Crippen LogP contribution in [0, 0.1) is 0 Å². The normalized spacial score (nSPS) is 15.1. The van der Waals surface area contributed by atoms with Crippen molar-refractivity contribution in [1.82, 2.24) is 16.0 Å². The zero-order chi connectivity index (χ0) is 15.5. The van der Waals surface area contributed by atoms with Gasteiger partial charge in [0.25, 0.3) is 0 Å². The van der Waals surface area contributed by atoms with E-state index in [9.17, 15) is 14.4 Å². The molecule has 0 heterocycles. The number of amides is 3. The van der Waals surface area contributed by atoms with Crippen LogP contribution in [0.25, 0.3) is 0 Å². The molecule has 0 aromatic carbocycles. The third kappa shape index (κ3) is 8.16. The van der Waals surface area contributed by atoms with Crippen LogP contribution in [0.4, 0.5) is 4.79 Å². The van der Waals surface area contributed by atoms with E-state index in [2.05, 4.69) is 16.0 Å². The van der Waals surface area contributed by atoms with Crippen molar-refractivity contribution in [2.24, 2.45) is 0 Å². The van der Waals surface area contributed by atoms with E-state index in [0.717, 1.165) is 25.7 Å². The number of nitrogens with one attached hydrogen (secondary N) is 3. The maximum atomic E-state index is 11.6. The van der Waals surface area contributed by atoms with Crippen LogP contribution < -0.4 is 16.0 Å². The molecule has 0 unspecified atom stereocenters. The molecule has 3 N–H and O–H groups in total. The minimum absolute atomic E-state index is 0.0959. The van der Waals surface area contributed by atoms with Crippen LogP contribution in [-0.2, 0) is 14.3 Å². The van der Waals surface area contributed by atoms with Gasteiger partial charge < -0.3 is 20.7 Å². The van der Waals surface area contributed by atoms with Crippen molar-refractivity contribution < 1.29 is 19.1 Å². The van der Waals surface area contributed by atoms with Crippen LogP contribution in [0.15, 0.2) is 0 Å². The maximum absolute atomic E-state index is 11.6. The Hall–Kier alpha value is -1.79. The van der Waals surface area contributed by atoms with Gasteiger partial charge in [-0.3, -0.25) is 9.59 Å². The van der Waals surface area contributed by atoms with Crippen LogP contribution in [0.5, 0.6) is 0 Å². The molecule has 0 atom stereocenters. The summed E-state index contributed by atoms with van der Waals surface area (Å²) >= 11 is 0. The van der Waals surface area contributed by atoms with E-state index in [-0.39, 0.29) is 43.5 Å². The van der Waals surface area contributed by atoms with Crippen molar-refractivity contribution in [3.8, 4) is 0 Å². The van der Waals surface area contributed by atoms with E-state index in [0.29, 0.717) is 6.61 Å². The van der Waals surface area contributed by atoms with Gasteiger partial charge in [-0.2, -0.15) is 0 Å². The predicted molar refractivity (Wildman–Crippen MR) is 77.7 cm³/mol. The van der Waals surface area contributed by atoms with Crippen molar-refractivity contribution in [2.45, 2.75) is 51.5 Å². The first-order valence-corrected chi connectivity index (χ1v) is 7.58. The van der Waals surface area contributed by atoms with Gasteiger partial charge in [0.2, 0.25) is 5.91 Å². The van der Waals surface area contributed by atoms with E-state index >= 15 is 0 Å². The summed E-state index contributed by atoms with van der Waals surface area (Å²) in [6, 6.07) is -0.104. The van der Waals surface area contributed by atoms with Gasteiger partial charge in [-0.05, 0) is 19.8 Å². The smallest absolute Gasteiger partial charge is 0.315 e. The lowest BCUT2D eigenvalue weighted by atomic mass is 9.96. The Bertz CT molecular complexity index is 354. The molecule has 120 valence electrons. The summed E-state index contributed by atoms with van der Waals surface area (Å²) in [7, 11) is 0. The van der Waals surface area contributed by atoms with Crippen molar-refractivity contribution in [1.29, 1.82) is 0 Å². The third-order valence-corrected chi connectivity index (χ3v) is 3.31. The number of hydrogen-bond donors (Lipinski definition) is 3. The van der Waals surface area contributed by atoms with Crippen LogP contribution in [0.1, 0.15) is 45.4 Å². The Morgan fingerprint density at radius 3 is 2.48 bits per heavy atom. The number of rotatable bonds is 7. The summed E-state index contributed by atoms with van der Waals surface area (Å²) in [6.45, 7) is 2.17. The first-order chi connectivity index (χ1) is 10.1. The van der Waals surface area contributed by atoms with Crippen LogP contribution >= 0.6 is 0 Å². The summed E-state index contributed by atoms with van der Waals surface area (Å²) < 4.78 is 4.74. The molecule has 21 heavy (non-hydrogen) atoms. The fourth-order valence-electron chi connectivity index (χ4n) is 2.24. The lowest BCUT2D eigenvalue weighted by Crippen LogP contribution is -2.46. The van der Waals surface area contributed by atoms with Gasteiger partial charge in [0, 0.05) is 12.6 Å². The molecule has 0 bridgehead atoms. The molecule has 0 aromatic rings. The number of carbonyl (C=O) groups is 3. The SMILES string of the molecule is CCOC(=O)CCNC(=O)CNC(=O)NC1CCCCC1. The largest absolute Gasteiger partial charge is 0.466 e. The highest BCUT2D eigenvalue weighted by molar-refractivity contribution is 5.84. The summed E-state index contributed by atoms with van der Waals surface area (Å²) in [5.41, 5.74) is 0. The van der Waals surface area contributed by atoms with Crippen LogP contribution in [-0.4, -0.2) is 43.6 Å². The average Bonchev–Trinajstić information content (AvgIpc) is 2.46.